The third kappa shape index (κ3) is 5.26. The molecule has 1 amide bonds. The van der Waals surface area contributed by atoms with Crippen molar-refractivity contribution in [1.29, 1.82) is 0 Å². The Balaban J connectivity index is 1.97. The number of halogens is 1. The second kappa shape index (κ2) is 9.82. The van der Waals surface area contributed by atoms with Gasteiger partial charge in [-0.2, -0.15) is 0 Å². The number of nitrogens with one attached hydrogen (secondary N) is 1. The van der Waals surface area contributed by atoms with Gasteiger partial charge in [-0.05, 0) is 61.4 Å². The van der Waals surface area contributed by atoms with Gasteiger partial charge in [-0.15, -0.1) is 0 Å². The van der Waals surface area contributed by atoms with Gasteiger partial charge in [-0.3, -0.25) is 9.10 Å². The van der Waals surface area contributed by atoms with Crippen LogP contribution in [0.15, 0.2) is 77.7 Å². The molecule has 0 heterocycles. The summed E-state index contributed by atoms with van der Waals surface area (Å²) in [6, 6.07) is 18.7. The first kappa shape index (κ1) is 23.3. The number of nitrogens with zero attached hydrogens (tertiary/aromatic N) is 1. The third-order valence-electron chi connectivity index (χ3n) is 4.97. The number of ether oxygens (including phenoxy) is 1. The molecule has 6 nitrogen and oxygen atoms in total. The maximum Gasteiger partial charge on any atom is 0.268 e. The molecule has 0 aliphatic carbocycles. The predicted molar refractivity (Wildman–Crippen MR) is 122 cm³/mol. The Labute approximate surface area is 187 Å². The second-order valence-electron chi connectivity index (χ2n) is 7.34. The Bertz CT molecular complexity index is 1180. The van der Waals surface area contributed by atoms with Crippen LogP contribution in [0.5, 0.6) is 5.75 Å². The maximum atomic E-state index is 13.6. The molecule has 8 heteroatoms. The molecule has 3 aromatic rings. The van der Waals surface area contributed by atoms with Crippen molar-refractivity contribution in [1.82, 2.24) is 5.32 Å². The lowest BCUT2D eigenvalue weighted by Gasteiger charge is -2.26. The van der Waals surface area contributed by atoms with Gasteiger partial charge >= 0.3 is 0 Å². The van der Waals surface area contributed by atoms with Gasteiger partial charge in [-0.25, -0.2) is 12.8 Å². The van der Waals surface area contributed by atoms with E-state index in [2.05, 4.69) is 5.32 Å². The lowest BCUT2D eigenvalue weighted by atomic mass is 10.1. The second-order valence-corrected chi connectivity index (χ2v) is 9.17. The summed E-state index contributed by atoms with van der Waals surface area (Å²) in [6.45, 7) is 3.09. The van der Waals surface area contributed by atoms with E-state index < -0.39 is 28.3 Å². The van der Waals surface area contributed by atoms with Gasteiger partial charge in [0.1, 0.15) is 23.0 Å². The van der Waals surface area contributed by atoms with E-state index >= 15 is 0 Å². The summed E-state index contributed by atoms with van der Waals surface area (Å²) in [7, 11) is -2.83. The van der Waals surface area contributed by atoms with Crippen molar-refractivity contribution >= 4 is 21.6 Å². The molecule has 1 N–H and O–H groups in total. The van der Waals surface area contributed by atoms with E-state index in [0.29, 0.717) is 5.56 Å². The minimum Gasteiger partial charge on any atom is -0.495 e. The number of amides is 1. The number of methoxy groups -OCH3 is 1. The summed E-state index contributed by atoms with van der Waals surface area (Å²) >= 11 is 0. The summed E-state index contributed by atoms with van der Waals surface area (Å²) in [5.74, 6) is -0.858. The molecule has 0 radical (unpaired) electrons. The summed E-state index contributed by atoms with van der Waals surface area (Å²) < 4.78 is 46.9. The van der Waals surface area contributed by atoms with Crippen LogP contribution in [-0.2, 0) is 14.8 Å². The molecular formula is C24H25FN2O4S. The smallest absolute Gasteiger partial charge is 0.268 e. The number of anilines is 1. The molecule has 0 spiro atoms. The zero-order valence-electron chi connectivity index (χ0n) is 18.1. The van der Waals surface area contributed by atoms with Crippen molar-refractivity contribution in [2.45, 2.75) is 24.8 Å². The Morgan fingerprint density at radius 2 is 1.72 bits per heavy atom. The normalized spacial score (nSPS) is 12.1. The zero-order valence-corrected chi connectivity index (χ0v) is 18.9. The number of rotatable bonds is 8. The fourth-order valence-corrected chi connectivity index (χ4v) is 4.93. The molecular weight excluding hydrogens is 431 g/mol. The van der Waals surface area contributed by atoms with Gasteiger partial charge in [0.15, 0.2) is 0 Å². The van der Waals surface area contributed by atoms with Crippen LogP contribution in [0, 0.1) is 12.7 Å². The number of hydrogen-bond acceptors (Lipinski definition) is 4. The SMILES string of the molecule is COc1ccc(C)cc1S(=O)(=O)N(CC(=O)N[C@@H](C)c1ccccc1)c1ccc(F)cc1. The van der Waals surface area contributed by atoms with Crippen molar-refractivity contribution in [3.8, 4) is 5.75 Å². The first-order valence-electron chi connectivity index (χ1n) is 9.99. The largest absolute Gasteiger partial charge is 0.495 e. The number of carbonyl (C=O) groups is 1. The van der Waals surface area contributed by atoms with E-state index in [0.717, 1.165) is 22.0 Å². The van der Waals surface area contributed by atoms with Crippen LogP contribution in [0.2, 0.25) is 0 Å². The number of sulfonamides is 1. The van der Waals surface area contributed by atoms with Crippen molar-refractivity contribution < 1.29 is 22.3 Å². The highest BCUT2D eigenvalue weighted by atomic mass is 32.2. The Morgan fingerprint density at radius 1 is 1.06 bits per heavy atom. The Kier molecular flexibility index (Phi) is 7.15. The van der Waals surface area contributed by atoms with Crippen LogP contribution in [0.4, 0.5) is 10.1 Å². The highest BCUT2D eigenvalue weighted by Crippen LogP contribution is 2.31. The van der Waals surface area contributed by atoms with Crippen molar-refractivity contribution in [2.24, 2.45) is 0 Å². The highest BCUT2D eigenvalue weighted by molar-refractivity contribution is 7.93. The Hall–Kier alpha value is -3.39. The molecule has 32 heavy (non-hydrogen) atoms. The van der Waals surface area contributed by atoms with Crippen LogP contribution in [0.3, 0.4) is 0 Å². The van der Waals surface area contributed by atoms with E-state index in [1.807, 2.05) is 37.3 Å². The highest BCUT2D eigenvalue weighted by Gasteiger charge is 2.30. The third-order valence-corrected chi connectivity index (χ3v) is 6.76. The minimum absolute atomic E-state index is 0.0757. The first-order valence-corrected chi connectivity index (χ1v) is 11.4. The van der Waals surface area contributed by atoms with E-state index in [-0.39, 0.29) is 22.4 Å². The van der Waals surface area contributed by atoms with Crippen LogP contribution < -0.4 is 14.4 Å². The molecule has 3 rings (SSSR count). The molecule has 0 aliphatic rings. The summed E-state index contributed by atoms with van der Waals surface area (Å²) in [4.78, 5) is 12.8. The molecule has 0 saturated heterocycles. The number of carbonyl (C=O) groups excluding carboxylic acids is 1. The van der Waals surface area contributed by atoms with E-state index in [1.54, 1.807) is 19.1 Å². The zero-order chi connectivity index (χ0) is 23.3. The standard InChI is InChI=1S/C24H25FN2O4S/c1-17-9-14-22(31-3)23(15-17)32(29,30)27(21-12-10-20(25)11-13-21)16-24(28)26-18(2)19-7-5-4-6-8-19/h4-15,18H,16H2,1-3H3,(H,26,28)/t18-/m0/s1. The van der Waals surface area contributed by atoms with Crippen LogP contribution in [0.1, 0.15) is 24.1 Å². The fraction of sp³-hybridized carbons (Fsp3) is 0.208. The topological polar surface area (TPSA) is 75.7 Å². The fourth-order valence-electron chi connectivity index (χ4n) is 3.27. The minimum atomic E-state index is -4.20. The van der Waals surface area contributed by atoms with Crippen molar-refractivity contribution in [3.05, 3.63) is 89.7 Å². The molecule has 0 unspecified atom stereocenters. The predicted octanol–water partition coefficient (Wildman–Crippen LogP) is 4.22. The van der Waals surface area contributed by atoms with Crippen LogP contribution in [0.25, 0.3) is 0 Å². The van der Waals surface area contributed by atoms with Gasteiger partial charge < -0.3 is 10.1 Å². The van der Waals surface area contributed by atoms with Gasteiger partial charge in [0, 0.05) is 0 Å². The average Bonchev–Trinajstić information content (AvgIpc) is 2.78. The lowest BCUT2D eigenvalue weighted by molar-refractivity contribution is -0.120. The van der Waals surface area contributed by atoms with Gasteiger partial charge in [-0.1, -0.05) is 36.4 Å². The number of aryl methyl sites for hydroxylation is 1. The Morgan fingerprint density at radius 3 is 2.34 bits per heavy atom. The quantitative estimate of drug-likeness (QED) is 0.551. The van der Waals surface area contributed by atoms with Crippen LogP contribution >= 0.6 is 0 Å². The molecule has 0 fully saturated rings. The van der Waals surface area contributed by atoms with E-state index in [9.17, 15) is 17.6 Å². The van der Waals surface area contributed by atoms with Crippen molar-refractivity contribution in [2.75, 3.05) is 18.0 Å². The van der Waals surface area contributed by atoms with Crippen LogP contribution in [-0.4, -0.2) is 28.0 Å². The van der Waals surface area contributed by atoms with Gasteiger partial charge in [0.2, 0.25) is 5.91 Å². The summed E-state index contributed by atoms with van der Waals surface area (Å²) in [5, 5.41) is 2.82. The molecule has 168 valence electrons. The maximum absolute atomic E-state index is 13.6. The molecule has 1 atom stereocenters. The van der Waals surface area contributed by atoms with Gasteiger partial charge in [0.05, 0.1) is 18.8 Å². The number of hydrogen-bond donors (Lipinski definition) is 1. The summed E-state index contributed by atoms with van der Waals surface area (Å²) in [6.07, 6.45) is 0. The summed E-state index contributed by atoms with van der Waals surface area (Å²) in [5.41, 5.74) is 1.76. The molecule has 0 saturated carbocycles. The lowest BCUT2D eigenvalue weighted by Crippen LogP contribution is -2.41. The molecule has 0 aliphatic heterocycles. The average molecular weight is 457 g/mol. The molecule has 3 aromatic carbocycles. The molecule has 0 bridgehead atoms. The van der Waals surface area contributed by atoms with E-state index in [4.69, 9.17) is 4.74 Å². The van der Waals surface area contributed by atoms with E-state index in [1.165, 1.54) is 25.3 Å². The number of benzene rings is 3. The monoisotopic (exact) mass is 456 g/mol. The van der Waals surface area contributed by atoms with Crippen molar-refractivity contribution in [3.63, 3.8) is 0 Å². The first-order chi connectivity index (χ1) is 15.2. The van der Waals surface area contributed by atoms with Gasteiger partial charge in [0.25, 0.3) is 10.0 Å². The molecule has 0 aromatic heterocycles.